The van der Waals surface area contributed by atoms with Crippen molar-refractivity contribution in [2.24, 2.45) is 0 Å². The normalized spacial score (nSPS) is 22.3. The second-order valence-corrected chi connectivity index (χ2v) is 7.03. The highest BCUT2D eigenvalue weighted by Crippen LogP contribution is 2.22. The van der Waals surface area contributed by atoms with Gasteiger partial charge in [0.1, 0.15) is 5.82 Å². The van der Waals surface area contributed by atoms with Crippen LogP contribution >= 0.6 is 0 Å². The van der Waals surface area contributed by atoms with Gasteiger partial charge in [-0.15, -0.1) is 0 Å². The van der Waals surface area contributed by atoms with E-state index in [1.54, 1.807) is 0 Å². The Bertz CT molecular complexity index is 769. The van der Waals surface area contributed by atoms with E-state index in [1.165, 1.54) is 18.4 Å². The number of allylic oxidation sites excluding steroid dienone is 2. The molecule has 4 N–H and O–H groups in total. The van der Waals surface area contributed by atoms with Crippen LogP contribution in [-0.2, 0) is 6.54 Å². The van der Waals surface area contributed by atoms with Crippen molar-refractivity contribution in [1.82, 2.24) is 31.0 Å². The molecule has 1 aromatic rings. The average Bonchev–Trinajstić information content (AvgIpc) is 3.32. The van der Waals surface area contributed by atoms with Crippen molar-refractivity contribution in [2.45, 2.75) is 51.2 Å². The minimum atomic E-state index is -0.135. The number of carbonyl (C=O) groups is 1. The Labute approximate surface area is 153 Å². The molecule has 7 heteroatoms. The largest absolute Gasteiger partial charge is 0.382 e. The van der Waals surface area contributed by atoms with Crippen molar-refractivity contribution in [3.63, 3.8) is 0 Å². The van der Waals surface area contributed by atoms with E-state index in [0.717, 1.165) is 43.0 Å². The highest BCUT2D eigenvalue weighted by molar-refractivity contribution is 5.76. The minimum absolute atomic E-state index is 0.0236. The smallest absolute Gasteiger partial charge is 0.320 e. The summed E-state index contributed by atoms with van der Waals surface area (Å²) in [4.78, 5) is 12.2. The lowest BCUT2D eigenvalue weighted by atomic mass is 9.99. The molecular weight excluding hydrogens is 328 g/mol. The number of urea groups is 1. The van der Waals surface area contributed by atoms with Crippen molar-refractivity contribution in [3.05, 3.63) is 47.7 Å². The van der Waals surface area contributed by atoms with Gasteiger partial charge in [-0.05, 0) is 37.5 Å². The number of carbonyl (C=O) groups excluding carboxylic acids is 1. The van der Waals surface area contributed by atoms with Crippen LogP contribution in [0.2, 0.25) is 0 Å². The molecular formula is C19H26N6O. The summed E-state index contributed by atoms with van der Waals surface area (Å²) in [6.07, 6.45) is 14.6. The van der Waals surface area contributed by atoms with Gasteiger partial charge in [-0.1, -0.05) is 18.9 Å². The van der Waals surface area contributed by atoms with Crippen LogP contribution in [0.3, 0.4) is 0 Å². The first-order valence-corrected chi connectivity index (χ1v) is 9.44. The number of amides is 2. The number of nitrogens with one attached hydrogen (secondary N) is 4. The number of hydrogen-bond donors (Lipinski definition) is 4. The first-order valence-electron chi connectivity index (χ1n) is 9.44. The molecule has 1 fully saturated rings. The van der Waals surface area contributed by atoms with Gasteiger partial charge in [0.05, 0.1) is 12.2 Å². The molecule has 3 aliphatic rings. The molecule has 0 aromatic carbocycles. The summed E-state index contributed by atoms with van der Waals surface area (Å²) in [7, 11) is 0. The number of nitrogens with zero attached hydrogens (tertiary/aromatic N) is 2. The van der Waals surface area contributed by atoms with Gasteiger partial charge in [0.2, 0.25) is 0 Å². The molecule has 7 nitrogen and oxygen atoms in total. The third-order valence-corrected chi connectivity index (χ3v) is 5.19. The third-order valence-electron chi connectivity index (χ3n) is 5.19. The molecule has 0 saturated heterocycles. The summed E-state index contributed by atoms with van der Waals surface area (Å²) < 4.78 is 1.93. The van der Waals surface area contributed by atoms with E-state index in [1.807, 2.05) is 23.0 Å². The van der Waals surface area contributed by atoms with Gasteiger partial charge in [0.25, 0.3) is 0 Å². The van der Waals surface area contributed by atoms with Crippen LogP contribution in [0.15, 0.2) is 42.1 Å². The molecule has 1 aliphatic carbocycles. The Balaban J connectivity index is 1.40. The molecule has 0 radical (unpaired) electrons. The number of aryl methyl sites for hydroxylation is 1. The number of dihydropyridines is 1. The summed E-state index contributed by atoms with van der Waals surface area (Å²) in [5.41, 5.74) is 3.44. The Morgan fingerprint density at radius 3 is 2.96 bits per heavy atom. The van der Waals surface area contributed by atoms with E-state index < -0.39 is 0 Å². The quantitative estimate of drug-likeness (QED) is 0.665. The lowest BCUT2D eigenvalue weighted by molar-refractivity contribution is 0.239. The Morgan fingerprint density at radius 1 is 1.35 bits per heavy atom. The molecule has 4 rings (SSSR count). The predicted octanol–water partition coefficient (Wildman–Crippen LogP) is 1.83. The highest BCUT2D eigenvalue weighted by Gasteiger charge is 2.24. The molecule has 138 valence electrons. The number of rotatable bonds is 4. The Morgan fingerprint density at radius 2 is 2.19 bits per heavy atom. The van der Waals surface area contributed by atoms with Gasteiger partial charge >= 0.3 is 6.03 Å². The van der Waals surface area contributed by atoms with Crippen molar-refractivity contribution < 1.29 is 4.79 Å². The third kappa shape index (κ3) is 3.61. The molecule has 2 amide bonds. The first kappa shape index (κ1) is 16.8. The standard InChI is InChI=1S/C19H26N6O/c1-2-25-12-14(11-21-25)13-9-17-16(20-10-13)7-8-18(23-17)24-19(26)22-15-5-3-4-6-15/h7-9,11-12,15,17,20,23H,2-6,10H2,1H3,(H2,22,24,26). The van der Waals surface area contributed by atoms with Gasteiger partial charge in [-0.25, -0.2) is 4.79 Å². The lowest BCUT2D eigenvalue weighted by Crippen LogP contribution is -2.48. The topological polar surface area (TPSA) is 83.0 Å². The fourth-order valence-electron chi connectivity index (χ4n) is 3.72. The van der Waals surface area contributed by atoms with Crippen LogP contribution < -0.4 is 21.3 Å². The van der Waals surface area contributed by atoms with Crippen LogP contribution in [0.25, 0.3) is 5.57 Å². The van der Waals surface area contributed by atoms with E-state index in [2.05, 4.69) is 45.6 Å². The Kier molecular flexibility index (Phi) is 4.69. The maximum Gasteiger partial charge on any atom is 0.320 e. The zero-order valence-electron chi connectivity index (χ0n) is 15.1. The molecule has 0 spiro atoms. The van der Waals surface area contributed by atoms with Crippen molar-refractivity contribution in [1.29, 1.82) is 0 Å². The fourth-order valence-corrected chi connectivity index (χ4v) is 3.72. The second kappa shape index (κ2) is 7.27. The number of hydrogen-bond acceptors (Lipinski definition) is 4. The molecule has 2 aliphatic heterocycles. The van der Waals surface area contributed by atoms with Gasteiger partial charge in [-0.3, -0.25) is 10.00 Å². The van der Waals surface area contributed by atoms with E-state index in [9.17, 15) is 4.79 Å². The number of fused-ring (bicyclic) bond motifs is 1. The summed E-state index contributed by atoms with van der Waals surface area (Å²) in [6.45, 7) is 3.71. The predicted molar refractivity (Wildman–Crippen MR) is 101 cm³/mol. The van der Waals surface area contributed by atoms with Crippen LogP contribution in [0.1, 0.15) is 38.2 Å². The highest BCUT2D eigenvalue weighted by atomic mass is 16.2. The number of aromatic nitrogens is 2. The monoisotopic (exact) mass is 354 g/mol. The van der Waals surface area contributed by atoms with Crippen molar-refractivity contribution in [3.8, 4) is 0 Å². The van der Waals surface area contributed by atoms with Crippen molar-refractivity contribution >= 4 is 11.6 Å². The van der Waals surface area contributed by atoms with Gasteiger partial charge < -0.3 is 16.0 Å². The zero-order valence-corrected chi connectivity index (χ0v) is 15.1. The SMILES string of the molecule is CCn1cc(C2=CC3NC(NC(=O)NC4CCCC4)=CC=C3NC2)cn1. The molecule has 1 unspecified atom stereocenters. The Hall–Kier alpha value is -2.70. The molecule has 0 bridgehead atoms. The molecule has 3 heterocycles. The molecule has 1 aromatic heterocycles. The van der Waals surface area contributed by atoms with E-state index in [0.29, 0.717) is 6.04 Å². The van der Waals surface area contributed by atoms with Crippen LogP contribution in [0.5, 0.6) is 0 Å². The molecule has 1 atom stereocenters. The minimum Gasteiger partial charge on any atom is -0.382 e. The van der Waals surface area contributed by atoms with Crippen LogP contribution in [-0.4, -0.2) is 34.4 Å². The lowest BCUT2D eigenvalue weighted by Gasteiger charge is -2.31. The zero-order chi connectivity index (χ0) is 17.9. The van der Waals surface area contributed by atoms with E-state index in [-0.39, 0.29) is 12.1 Å². The summed E-state index contributed by atoms with van der Waals surface area (Å²) in [5.74, 6) is 0.720. The fraction of sp³-hybridized carbons (Fsp3) is 0.474. The van der Waals surface area contributed by atoms with Crippen LogP contribution in [0, 0.1) is 0 Å². The first-order chi connectivity index (χ1) is 12.7. The molecule has 1 saturated carbocycles. The van der Waals surface area contributed by atoms with E-state index in [4.69, 9.17) is 0 Å². The summed E-state index contributed by atoms with van der Waals surface area (Å²) in [5, 5.41) is 17.2. The summed E-state index contributed by atoms with van der Waals surface area (Å²) in [6, 6.07) is 0.198. The second-order valence-electron chi connectivity index (χ2n) is 7.03. The van der Waals surface area contributed by atoms with Gasteiger partial charge in [-0.2, -0.15) is 5.10 Å². The van der Waals surface area contributed by atoms with E-state index >= 15 is 0 Å². The van der Waals surface area contributed by atoms with Crippen molar-refractivity contribution in [2.75, 3.05) is 6.54 Å². The summed E-state index contributed by atoms with van der Waals surface area (Å²) >= 11 is 0. The maximum atomic E-state index is 12.2. The maximum absolute atomic E-state index is 12.2. The van der Waals surface area contributed by atoms with Gasteiger partial charge in [0, 0.05) is 36.6 Å². The van der Waals surface area contributed by atoms with Gasteiger partial charge in [0.15, 0.2) is 0 Å². The molecule has 26 heavy (non-hydrogen) atoms. The van der Waals surface area contributed by atoms with Crippen LogP contribution in [0.4, 0.5) is 4.79 Å². The average molecular weight is 354 g/mol.